The van der Waals surface area contributed by atoms with Crippen LogP contribution in [0.5, 0.6) is 0 Å². The average Bonchev–Trinajstić information content (AvgIpc) is 2.69. The summed E-state index contributed by atoms with van der Waals surface area (Å²) in [4.78, 5) is 11.4. The average molecular weight is 544 g/mol. The molecular formula is C22H31ClIN5O. The van der Waals surface area contributed by atoms with Gasteiger partial charge in [0.05, 0.1) is 24.8 Å². The van der Waals surface area contributed by atoms with Crippen LogP contribution in [-0.2, 0) is 11.2 Å². The number of aliphatic imine (C=N–C) groups is 1. The molecule has 0 spiro atoms. The van der Waals surface area contributed by atoms with Crippen molar-refractivity contribution in [3.63, 3.8) is 0 Å². The Kier molecular flexibility index (Phi) is 9.80. The Labute approximate surface area is 201 Å². The van der Waals surface area contributed by atoms with Crippen molar-refractivity contribution < 1.29 is 4.74 Å². The fourth-order valence-corrected chi connectivity index (χ4v) is 3.67. The lowest BCUT2D eigenvalue weighted by atomic mass is 10.0. The van der Waals surface area contributed by atoms with E-state index in [1.54, 1.807) is 6.20 Å². The summed E-state index contributed by atoms with van der Waals surface area (Å²) in [5.41, 5.74) is 8.15. The van der Waals surface area contributed by atoms with Crippen LogP contribution in [0.25, 0.3) is 0 Å². The van der Waals surface area contributed by atoms with Gasteiger partial charge < -0.3 is 15.8 Å². The van der Waals surface area contributed by atoms with E-state index in [2.05, 4.69) is 46.2 Å². The van der Waals surface area contributed by atoms with Crippen LogP contribution in [0.2, 0.25) is 5.02 Å². The van der Waals surface area contributed by atoms with Crippen molar-refractivity contribution in [3.8, 4) is 0 Å². The summed E-state index contributed by atoms with van der Waals surface area (Å²) in [6.45, 7) is 7.91. The molecule has 30 heavy (non-hydrogen) atoms. The monoisotopic (exact) mass is 543 g/mol. The van der Waals surface area contributed by atoms with E-state index < -0.39 is 0 Å². The zero-order valence-corrected chi connectivity index (χ0v) is 20.6. The molecule has 0 radical (unpaired) electrons. The minimum absolute atomic E-state index is 0. The second kappa shape index (κ2) is 11.8. The Balaban J connectivity index is 0.00000320. The van der Waals surface area contributed by atoms with Gasteiger partial charge in [0.15, 0.2) is 5.96 Å². The van der Waals surface area contributed by atoms with E-state index in [0.29, 0.717) is 25.7 Å². The highest BCUT2D eigenvalue weighted by Gasteiger charge is 2.32. The summed E-state index contributed by atoms with van der Waals surface area (Å²) in [6, 6.07) is 14.0. The number of benzene rings is 1. The van der Waals surface area contributed by atoms with Crippen LogP contribution in [0.1, 0.15) is 31.1 Å². The first kappa shape index (κ1) is 24.8. The molecule has 164 valence electrons. The Hall–Kier alpha value is -1.42. The first-order valence-electron chi connectivity index (χ1n) is 10.0. The standard InChI is InChI=1S/C22H30ClN5O.HI/c1-22(2)16-28(13-14-29-22)20(17-6-8-18(23)9-7-17)15-27-21(24)26-12-10-19-5-3-4-11-25-19;/h3-9,11,20H,10,12-16H2,1-2H3,(H3,24,26,27);1H. The third kappa shape index (κ3) is 7.68. The van der Waals surface area contributed by atoms with E-state index in [-0.39, 0.29) is 35.6 Å². The van der Waals surface area contributed by atoms with Gasteiger partial charge in [0, 0.05) is 43.0 Å². The van der Waals surface area contributed by atoms with Crippen LogP contribution < -0.4 is 11.1 Å². The van der Waals surface area contributed by atoms with Gasteiger partial charge in [0.25, 0.3) is 0 Å². The third-order valence-corrected chi connectivity index (χ3v) is 5.25. The summed E-state index contributed by atoms with van der Waals surface area (Å²) in [5.74, 6) is 0.451. The topological polar surface area (TPSA) is 75.8 Å². The predicted molar refractivity (Wildman–Crippen MR) is 134 cm³/mol. The van der Waals surface area contributed by atoms with Gasteiger partial charge in [-0.25, -0.2) is 0 Å². The summed E-state index contributed by atoms with van der Waals surface area (Å²) in [5, 5.41) is 3.92. The van der Waals surface area contributed by atoms with Crippen molar-refractivity contribution in [1.29, 1.82) is 0 Å². The quantitative estimate of drug-likeness (QED) is 0.317. The minimum atomic E-state index is -0.181. The van der Waals surface area contributed by atoms with Crippen molar-refractivity contribution >= 4 is 41.5 Å². The maximum Gasteiger partial charge on any atom is 0.188 e. The molecule has 3 N–H and O–H groups in total. The van der Waals surface area contributed by atoms with Gasteiger partial charge in [0.1, 0.15) is 0 Å². The second-order valence-electron chi connectivity index (χ2n) is 7.87. The van der Waals surface area contributed by atoms with Crippen molar-refractivity contribution in [3.05, 3.63) is 64.9 Å². The van der Waals surface area contributed by atoms with Crippen molar-refractivity contribution in [2.45, 2.75) is 31.9 Å². The number of hydrogen-bond acceptors (Lipinski definition) is 4. The van der Waals surface area contributed by atoms with Gasteiger partial charge in [-0.15, -0.1) is 24.0 Å². The first-order valence-corrected chi connectivity index (χ1v) is 10.4. The zero-order valence-electron chi connectivity index (χ0n) is 17.6. The van der Waals surface area contributed by atoms with Crippen molar-refractivity contribution in [1.82, 2.24) is 15.2 Å². The normalized spacial score (nSPS) is 17.8. The molecule has 6 nitrogen and oxygen atoms in total. The molecular weight excluding hydrogens is 513 g/mol. The molecule has 1 aliphatic rings. The molecule has 2 heterocycles. The van der Waals surface area contributed by atoms with Gasteiger partial charge in [-0.1, -0.05) is 29.8 Å². The number of guanidine groups is 1. The fourth-order valence-electron chi connectivity index (χ4n) is 3.54. The maximum atomic E-state index is 6.13. The third-order valence-electron chi connectivity index (χ3n) is 5.00. The summed E-state index contributed by atoms with van der Waals surface area (Å²) in [7, 11) is 0. The molecule has 1 aromatic heterocycles. The number of nitrogens with two attached hydrogens (primary N) is 1. The fraction of sp³-hybridized carbons (Fsp3) is 0.455. The highest BCUT2D eigenvalue weighted by molar-refractivity contribution is 14.0. The number of nitrogens with zero attached hydrogens (tertiary/aromatic N) is 3. The number of hydrogen-bond donors (Lipinski definition) is 2. The van der Waals surface area contributed by atoms with Crippen LogP contribution in [-0.4, -0.2) is 54.2 Å². The predicted octanol–water partition coefficient (Wildman–Crippen LogP) is 3.65. The lowest BCUT2D eigenvalue weighted by Gasteiger charge is -2.42. The summed E-state index contributed by atoms with van der Waals surface area (Å²) < 4.78 is 5.88. The number of halogens is 2. The van der Waals surface area contributed by atoms with Gasteiger partial charge in [-0.3, -0.25) is 14.9 Å². The SMILES string of the molecule is CC1(C)CN(C(CN=C(N)NCCc2ccccn2)c2ccc(Cl)cc2)CCO1.I. The minimum Gasteiger partial charge on any atom is -0.373 e. The molecule has 0 aliphatic carbocycles. The van der Waals surface area contributed by atoms with Crippen LogP contribution >= 0.6 is 35.6 Å². The zero-order chi connectivity index (χ0) is 20.7. The van der Waals surface area contributed by atoms with Crippen LogP contribution in [0.3, 0.4) is 0 Å². The van der Waals surface area contributed by atoms with E-state index in [1.165, 1.54) is 5.56 Å². The highest BCUT2D eigenvalue weighted by Crippen LogP contribution is 2.28. The summed E-state index contributed by atoms with van der Waals surface area (Å²) in [6.07, 6.45) is 2.60. The highest BCUT2D eigenvalue weighted by atomic mass is 127. The molecule has 0 bridgehead atoms. The first-order chi connectivity index (χ1) is 13.9. The molecule has 1 atom stereocenters. The molecule has 1 unspecified atom stereocenters. The number of ether oxygens (including phenoxy) is 1. The van der Waals surface area contributed by atoms with E-state index in [1.807, 2.05) is 30.3 Å². The maximum absolute atomic E-state index is 6.13. The number of rotatable bonds is 7. The molecule has 1 saturated heterocycles. The van der Waals surface area contributed by atoms with Crippen LogP contribution in [0.4, 0.5) is 0 Å². The molecule has 1 aromatic carbocycles. The number of pyridine rings is 1. The van der Waals surface area contributed by atoms with Crippen molar-refractivity contribution in [2.75, 3.05) is 32.8 Å². The molecule has 0 amide bonds. The molecule has 1 fully saturated rings. The van der Waals surface area contributed by atoms with E-state index >= 15 is 0 Å². The van der Waals surface area contributed by atoms with Gasteiger partial charge in [0.2, 0.25) is 0 Å². The van der Waals surface area contributed by atoms with Gasteiger partial charge >= 0.3 is 0 Å². The number of nitrogens with one attached hydrogen (secondary N) is 1. The largest absolute Gasteiger partial charge is 0.373 e. The number of morpholine rings is 1. The molecule has 1 aliphatic heterocycles. The van der Waals surface area contributed by atoms with E-state index in [9.17, 15) is 0 Å². The Morgan fingerprint density at radius 3 is 2.73 bits per heavy atom. The molecule has 2 aromatic rings. The van der Waals surface area contributed by atoms with E-state index in [0.717, 1.165) is 30.2 Å². The van der Waals surface area contributed by atoms with E-state index in [4.69, 9.17) is 22.1 Å². The van der Waals surface area contributed by atoms with Crippen LogP contribution in [0, 0.1) is 0 Å². The van der Waals surface area contributed by atoms with Crippen molar-refractivity contribution in [2.24, 2.45) is 10.7 Å². The summed E-state index contributed by atoms with van der Waals surface area (Å²) >= 11 is 6.09. The Bertz CT molecular complexity index is 801. The lowest BCUT2D eigenvalue weighted by Crippen LogP contribution is -2.50. The number of aromatic nitrogens is 1. The Morgan fingerprint density at radius 1 is 1.30 bits per heavy atom. The molecule has 0 saturated carbocycles. The second-order valence-corrected chi connectivity index (χ2v) is 8.31. The Morgan fingerprint density at radius 2 is 2.07 bits per heavy atom. The smallest absolute Gasteiger partial charge is 0.188 e. The lowest BCUT2D eigenvalue weighted by molar-refractivity contribution is -0.0967. The van der Waals surface area contributed by atoms with Gasteiger partial charge in [-0.2, -0.15) is 0 Å². The molecule has 3 rings (SSSR count). The molecule has 8 heteroatoms. The van der Waals surface area contributed by atoms with Gasteiger partial charge in [-0.05, 0) is 43.7 Å². The van der Waals surface area contributed by atoms with Crippen LogP contribution in [0.15, 0.2) is 53.7 Å².